The average Bonchev–Trinajstić information content (AvgIpc) is 2.46. The van der Waals surface area contributed by atoms with Gasteiger partial charge in [-0.15, -0.1) is 0 Å². The van der Waals surface area contributed by atoms with Gasteiger partial charge < -0.3 is 15.8 Å². The van der Waals surface area contributed by atoms with Crippen molar-refractivity contribution in [1.82, 2.24) is 19.9 Å². The zero-order chi connectivity index (χ0) is 16.7. The standard InChI is InChI=1S/C17H24N6O/c1-10-7-11(2)19-16-14(10)15(18)21-17(22-16)20-12-3-5-23(6-4-12)13-8-24-9-13/h7,12-13H,3-6,8-9H2,1-2H3,(H3,18,19,20,21,22). The molecule has 0 bridgehead atoms. The highest BCUT2D eigenvalue weighted by molar-refractivity contribution is 5.89. The van der Waals surface area contributed by atoms with E-state index < -0.39 is 0 Å². The highest BCUT2D eigenvalue weighted by Crippen LogP contribution is 2.24. The van der Waals surface area contributed by atoms with Crippen molar-refractivity contribution in [3.8, 4) is 0 Å². The summed E-state index contributed by atoms with van der Waals surface area (Å²) in [5, 5.41) is 4.30. The maximum absolute atomic E-state index is 6.15. The van der Waals surface area contributed by atoms with Gasteiger partial charge in [-0.1, -0.05) is 0 Å². The Balaban J connectivity index is 1.48. The van der Waals surface area contributed by atoms with Gasteiger partial charge in [0.2, 0.25) is 5.95 Å². The van der Waals surface area contributed by atoms with E-state index in [2.05, 4.69) is 25.2 Å². The minimum atomic E-state index is 0.380. The Hall–Kier alpha value is -1.99. The van der Waals surface area contributed by atoms with E-state index in [-0.39, 0.29) is 0 Å². The minimum absolute atomic E-state index is 0.380. The molecule has 2 aromatic heterocycles. The zero-order valence-electron chi connectivity index (χ0n) is 14.2. The topological polar surface area (TPSA) is 89.2 Å². The van der Waals surface area contributed by atoms with E-state index in [1.54, 1.807) is 0 Å². The fourth-order valence-corrected chi connectivity index (χ4v) is 3.60. The summed E-state index contributed by atoms with van der Waals surface area (Å²) in [6, 6.07) is 3.01. The van der Waals surface area contributed by atoms with Crippen LogP contribution in [0.1, 0.15) is 24.1 Å². The molecule has 4 rings (SSSR count). The molecule has 4 heterocycles. The van der Waals surface area contributed by atoms with Crippen molar-refractivity contribution in [1.29, 1.82) is 0 Å². The quantitative estimate of drug-likeness (QED) is 0.882. The van der Waals surface area contributed by atoms with Crippen molar-refractivity contribution in [3.63, 3.8) is 0 Å². The van der Waals surface area contributed by atoms with Crippen LogP contribution in [-0.2, 0) is 4.74 Å². The number of likely N-dealkylation sites (tertiary alicyclic amines) is 1. The van der Waals surface area contributed by atoms with Crippen molar-refractivity contribution >= 4 is 22.8 Å². The fraction of sp³-hybridized carbons (Fsp3) is 0.588. The van der Waals surface area contributed by atoms with Crippen LogP contribution in [0.4, 0.5) is 11.8 Å². The Labute approximate surface area is 141 Å². The number of nitrogens with two attached hydrogens (primary N) is 1. The zero-order valence-corrected chi connectivity index (χ0v) is 14.2. The number of nitrogens with zero attached hydrogens (tertiary/aromatic N) is 4. The molecule has 0 aliphatic carbocycles. The molecule has 2 fully saturated rings. The maximum atomic E-state index is 6.15. The number of nitrogen functional groups attached to an aromatic ring is 1. The Morgan fingerprint density at radius 1 is 1.17 bits per heavy atom. The molecule has 2 saturated heterocycles. The second-order valence-corrected chi connectivity index (χ2v) is 6.86. The van der Waals surface area contributed by atoms with Gasteiger partial charge in [0.05, 0.1) is 24.6 Å². The highest BCUT2D eigenvalue weighted by Gasteiger charge is 2.29. The molecule has 0 atom stereocenters. The number of anilines is 2. The molecular weight excluding hydrogens is 304 g/mol. The highest BCUT2D eigenvalue weighted by atomic mass is 16.5. The van der Waals surface area contributed by atoms with Crippen LogP contribution in [0.5, 0.6) is 0 Å². The first-order chi connectivity index (χ1) is 11.6. The van der Waals surface area contributed by atoms with Crippen molar-refractivity contribution in [3.05, 3.63) is 17.3 Å². The minimum Gasteiger partial charge on any atom is -0.383 e. The van der Waals surface area contributed by atoms with E-state index in [1.807, 2.05) is 19.9 Å². The van der Waals surface area contributed by atoms with Gasteiger partial charge in [-0.3, -0.25) is 4.90 Å². The Morgan fingerprint density at radius 2 is 1.92 bits per heavy atom. The third-order valence-electron chi connectivity index (χ3n) is 5.02. The number of aromatic nitrogens is 3. The third kappa shape index (κ3) is 2.89. The Morgan fingerprint density at radius 3 is 2.58 bits per heavy atom. The van der Waals surface area contributed by atoms with E-state index in [0.29, 0.717) is 29.5 Å². The smallest absolute Gasteiger partial charge is 0.226 e. The van der Waals surface area contributed by atoms with Crippen molar-refractivity contribution in [2.75, 3.05) is 37.4 Å². The van der Waals surface area contributed by atoms with Gasteiger partial charge in [0.15, 0.2) is 5.65 Å². The number of pyridine rings is 1. The van der Waals surface area contributed by atoms with Gasteiger partial charge in [-0.25, -0.2) is 4.98 Å². The van der Waals surface area contributed by atoms with E-state index >= 15 is 0 Å². The number of fused-ring (bicyclic) bond motifs is 1. The molecule has 7 heteroatoms. The van der Waals surface area contributed by atoms with Crippen molar-refractivity contribution in [2.45, 2.75) is 38.8 Å². The second kappa shape index (κ2) is 6.14. The molecular formula is C17H24N6O. The molecule has 128 valence electrons. The van der Waals surface area contributed by atoms with Gasteiger partial charge in [-0.2, -0.15) is 9.97 Å². The van der Waals surface area contributed by atoms with E-state index in [1.165, 1.54) is 0 Å². The molecule has 2 aromatic rings. The number of hydrogen-bond donors (Lipinski definition) is 2. The molecule has 2 aliphatic heterocycles. The van der Waals surface area contributed by atoms with Gasteiger partial charge in [-0.05, 0) is 38.3 Å². The summed E-state index contributed by atoms with van der Waals surface area (Å²) in [5.74, 6) is 1.08. The summed E-state index contributed by atoms with van der Waals surface area (Å²) in [5.41, 5.74) is 8.83. The lowest BCUT2D eigenvalue weighted by Gasteiger charge is -2.41. The molecule has 2 aliphatic rings. The first kappa shape index (κ1) is 15.5. The lowest BCUT2D eigenvalue weighted by molar-refractivity contribution is -0.0705. The number of ether oxygens (including phenoxy) is 1. The fourth-order valence-electron chi connectivity index (χ4n) is 3.60. The van der Waals surface area contributed by atoms with Crippen LogP contribution in [0.25, 0.3) is 11.0 Å². The molecule has 0 amide bonds. The number of piperidine rings is 1. The number of aryl methyl sites for hydroxylation is 2. The Bertz CT molecular complexity index is 752. The summed E-state index contributed by atoms with van der Waals surface area (Å²) < 4.78 is 5.29. The normalized spacial score (nSPS) is 20.2. The van der Waals surface area contributed by atoms with Crippen LogP contribution in [0.2, 0.25) is 0 Å². The number of rotatable bonds is 3. The lowest BCUT2D eigenvalue weighted by Crippen LogP contribution is -2.53. The monoisotopic (exact) mass is 328 g/mol. The van der Waals surface area contributed by atoms with Crippen LogP contribution in [0.15, 0.2) is 6.07 Å². The van der Waals surface area contributed by atoms with Crippen LogP contribution in [-0.4, -0.2) is 58.2 Å². The predicted molar refractivity (Wildman–Crippen MR) is 94.0 cm³/mol. The maximum Gasteiger partial charge on any atom is 0.226 e. The largest absolute Gasteiger partial charge is 0.383 e. The van der Waals surface area contributed by atoms with Crippen molar-refractivity contribution in [2.24, 2.45) is 0 Å². The first-order valence-corrected chi connectivity index (χ1v) is 8.60. The van der Waals surface area contributed by atoms with Gasteiger partial charge in [0.25, 0.3) is 0 Å². The summed E-state index contributed by atoms with van der Waals surface area (Å²) in [6.45, 7) is 7.93. The van der Waals surface area contributed by atoms with Crippen molar-refractivity contribution < 1.29 is 4.74 Å². The molecule has 0 aromatic carbocycles. The molecule has 0 spiro atoms. The summed E-state index contributed by atoms with van der Waals surface area (Å²) in [4.78, 5) is 16.1. The van der Waals surface area contributed by atoms with Gasteiger partial charge >= 0.3 is 0 Å². The molecule has 0 saturated carbocycles. The number of nitrogens with one attached hydrogen (secondary N) is 1. The first-order valence-electron chi connectivity index (χ1n) is 8.60. The Kier molecular flexibility index (Phi) is 3.97. The molecule has 24 heavy (non-hydrogen) atoms. The van der Waals surface area contributed by atoms with Crippen LogP contribution >= 0.6 is 0 Å². The van der Waals surface area contributed by atoms with Crippen LogP contribution < -0.4 is 11.1 Å². The van der Waals surface area contributed by atoms with E-state index in [4.69, 9.17) is 10.5 Å². The van der Waals surface area contributed by atoms with E-state index in [9.17, 15) is 0 Å². The summed E-state index contributed by atoms with van der Waals surface area (Å²) >= 11 is 0. The van der Waals surface area contributed by atoms with Crippen LogP contribution in [0, 0.1) is 13.8 Å². The second-order valence-electron chi connectivity index (χ2n) is 6.86. The summed E-state index contributed by atoms with van der Waals surface area (Å²) in [7, 11) is 0. The number of hydrogen-bond acceptors (Lipinski definition) is 7. The average molecular weight is 328 g/mol. The predicted octanol–water partition coefficient (Wildman–Crippen LogP) is 1.50. The van der Waals surface area contributed by atoms with E-state index in [0.717, 1.165) is 55.8 Å². The molecule has 0 radical (unpaired) electrons. The molecule has 0 unspecified atom stereocenters. The van der Waals surface area contributed by atoms with Crippen LogP contribution in [0.3, 0.4) is 0 Å². The van der Waals surface area contributed by atoms with Gasteiger partial charge in [0.1, 0.15) is 5.82 Å². The lowest BCUT2D eigenvalue weighted by atomic mass is 10.0. The molecule has 3 N–H and O–H groups in total. The molecule has 7 nitrogen and oxygen atoms in total. The SMILES string of the molecule is Cc1cc(C)c2c(N)nc(NC3CCN(C4COC4)CC3)nc2n1. The van der Waals surface area contributed by atoms with Gasteiger partial charge in [0, 0.05) is 24.8 Å². The third-order valence-corrected chi connectivity index (χ3v) is 5.02. The summed E-state index contributed by atoms with van der Waals surface area (Å²) in [6.07, 6.45) is 2.16.